The fourth-order valence-electron chi connectivity index (χ4n) is 1.81. The molecule has 0 saturated heterocycles. The van der Waals surface area contributed by atoms with Crippen molar-refractivity contribution >= 4 is 17.7 Å². The number of aliphatic carboxylic acids is 1. The fraction of sp³-hybridized carbons (Fsp3) is 0.308. The van der Waals surface area contributed by atoms with Gasteiger partial charge in [-0.15, -0.1) is 0 Å². The summed E-state index contributed by atoms with van der Waals surface area (Å²) in [4.78, 5) is 22.7. The van der Waals surface area contributed by atoms with Crippen molar-refractivity contribution in [1.82, 2.24) is 5.32 Å². The van der Waals surface area contributed by atoms with E-state index in [1.807, 2.05) is 0 Å². The molecule has 1 atom stereocenters. The maximum absolute atomic E-state index is 13.1. The van der Waals surface area contributed by atoms with Crippen LogP contribution in [0.5, 0.6) is 0 Å². The second kappa shape index (κ2) is 5.57. The van der Waals surface area contributed by atoms with E-state index < -0.39 is 23.9 Å². The number of amides is 2. The van der Waals surface area contributed by atoms with E-state index in [0.29, 0.717) is 0 Å². The molecule has 0 bridgehead atoms. The topological polar surface area (TPSA) is 102 Å². The highest BCUT2D eigenvalue weighted by Gasteiger charge is 2.37. The standard InChI is InChI=1S/C13H12FN3O3/c14-10-4-3-9(5-8(10)6-15)16-13(20)17-11(12(18)19)7-1-2-7/h3-5,7,11H,1-2H2,(H,18,19)(H2,16,17,20). The van der Waals surface area contributed by atoms with Crippen molar-refractivity contribution in [2.24, 2.45) is 5.92 Å². The lowest BCUT2D eigenvalue weighted by Gasteiger charge is -2.14. The molecule has 20 heavy (non-hydrogen) atoms. The molecule has 0 radical (unpaired) electrons. The SMILES string of the molecule is N#Cc1cc(NC(=O)NC(C(=O)O)C2CC2)ccc1F. The molecule has 2 rings (SSSR count). The second-order valence-electron chi connectivity index (χ2n) is 4.56. The number of rotatable bonds is 4. The number of carboxylic acid groups (broad SMARTS) is 1. The van der Waals surface area contributed by atoms with Gasteiger partial charge in [0, 0.05) is 5.69 Å². The molecule has 1 aliphatic rings. The maximum atomic E-state index is 13.1. The maximum Gasteiger partial charge on any atom is 0.326 e. The molecule has 0 aliphatic heterocycles. The van der Waals surface area contributed by atoms with Gasteiger partial charge in [-0.05, 0) is 37.0 Å². The van der Waals surface area contributed by atoms with Crippen LogP contribution < -0.4 is 10.6 Å². The van der Waals surface area contributed by atoms with E-state index in [1.165, 1.54) is 12.1 Å². The lowest BCUT2D eigenvalue weighted by Crippen LogP contribution is -2.44. The third-order valence-electron chi connectivity index (χ3n) is 2.99. The van der Waals surface area contributed by atoms with Crippen LogP contribution in [-0.4, -0.2) is 23.1 Å². The minimum absolute atomic E-state index is 0.0406. The van der Waals surface area contributed by atoms with E-state index >= 15 is 0 Å². The number of nitrogens with one attached hydrogen (secondary N) is 2. The van der Waals surface area contributed by atoms with E-state index in [4.69, 9.17) is 10.4 Å². The number of carbonyl (C=O) groups is 2. The van der Waals surface area contributed by atoms with E-state index in [1.54, 1.807) is 6.07 Å². The summed E-state index contributed by atoms with van der Waals surface area (Å²) in [6, 6.07) is 3.57. The van der Waals surface area contributed by atoms with Crippen molar-refractivity contribution in [1.29, 1.82) is 5.26 Å². The first-order valence-corrected chi connectivity index (χ1v) is 6.01. The van der Waals surface area contributed by atoms with Crippen molar-refractivity contribution in [3.05, 3.63) is 29.6 Å². The third kappa shape index (κ3) is 3.23. The molecule has 1 unspecified atom stereocenters. The number of anilines is 1. The lowest BCUT2D eigenvalue weighted by molar-refractivity contribution is -0.139. The quantitative estimate of drug-likeness (QED) is 0.779. The monoisotopic (exact) mass is 277 g/mol. The second-order valence-corrected chi connectivity index (χ2v) is 4.56. The van der Waals surface area contributed by atoms with Crippen molar-refractivity contribution in [2.45, 2.75) is 18.9 Å². The van der Waals surface area contributed by atoms with Crippen LogP contribution in [0.4, 0.5) is 14.9 Å². The summed E-state index contributed by atoms with van der Waals surface area (Å²) in [6.07, 6.45) is 1.54. The molecular weight excluding hydrogens is 265 g/mol. The number of benzene rings is 1. The number of carboxylic acids is 1. The summed E-state index contributed by atoms with van der Waals surface area (Å²) < 4.78 is 13.1. The molecule has 6 nitrogen and oxygen atoms in total. The zero-order valence-electron chi connectivity index (χ0n) is 10.4. The first kappa shape index (κ1) is 13.8. The van der Waals surface area contributed by atoms with Gasteiger partial charge in [-0.2, -0.15) is 5.26 Å². The number of hydrogen-bond donors (Lipinski definition) is 3. The number of carbonyl (C=O) groups excluding carboxylic acids is 1. The number of nitriles is 1. The van der Waals surface area contributed by atoms with Gasteiger partial charge in [-0.3, -0.25) is 0 Å². The van der Waals surface area contributed by atoms with Gasteiger partial charge < -0.3 is 15.7 Å². The van der Waals surface area contributed by atoms with Gasteiger partial charge in [-0.25, -0.2) is 14.0 Å². The number of urea groups is 1. The number of halogens is 1. The molecule has 2 amide bonds. The zero-order valence-corrected chi connectivity index (χ0v) is 10.4. The van der Waals surface area contributed by atoms with Gasteiger partial charge in [0.25, 0.3) is 0 Å². The molecule has 7 heteroatoms. The molecule has 3 N–H and O–H groups in total. The van der Waals surface area contributed by atoms with E-state index in [-0.39, 0.29) is 17.2 Å². The Morgan fingerprint density at radius 3 is 2.70 bits per heavy atom. The van der Waals surface area contributed by atoms with Gasteiger partial charge in [-0.1, -0.05) is 0 Å². The van der Waals surface area contributed by atoms with Crippen molar-refractivity contribution in [2.75, 3.05) is 5.32 Å². The predicted molar refractivity (Wildman–Crippen MR) is 67.4 cm³/mol. The Morgan fingerprint density at radius 1 is 1.45 bits per heavy atom. The van der Waals surface area contributed by atoms with Gasteiger partial charge in [0.15, 0.2) is 0 Å². The van der Waals surface area contributed by atoms with Crippen LogP contribution in [0.25, 0.3) is 0 Å². The minimum Gasteiger partial charge on any atom is -0.480 e. The van der Waals surface area contributed by atoms with Crippen LogP contribution in [0.1, 0.15) is 18.4 Å². The van der Waals surface area contributed by atoms with Gasteiger partial charge in [0.05, 0.1) is 5.56 Å². The predicted octanol–water partition coefficient (Wildman–Crippen LogP) is 1.68. The van der Waals surface area contributed by atoms with E-state index in [9.17, 15) is 14.0 Å². The highest BCUT2D eigenvalue weighted by atomic mass is 19.1. The molecule has 1 aliphatic carbocycles. The first-order valence-electron chi connectivity index (χ1n) is 6.01. The van der Waals surface area contributed by atoms with Crippen molar-refractivity contribution < 1.29 is 19.1 Å². The molecule has 1 aromatic rings. The number of nitrogens with zero attached hydrogens (tertiary/aromatic N) is 1. The Kier molecular flexibility index (Phi) is 3.84. The lowest BCUT2D eigenvalue weighted by atomic mass is 10.2. The van der Waals surface area contributed by atoms with Gasteiger partial charge in [0.2, 0.25) is 0 Å². The summed E-state index contributed by atoms with van der Waals surface area (Å²) in [7, 11) is 0. The smallest absolute Gasteiger partial charge is 0.326 e. The van der Waals surface area contributed by atoms with Crippen LogP contribution in [0.3, 0.4) is 0 Å². The normalized spacial score (nSPS) is 15.0. The van der Waals surface area contributed by atoms with Gasteiger partial charge >= 0.3 is 12.0 Å². The average Bonchev–Trinajstić information content (AvgIpc) is 3.22. The largest absolute Gasteiger partial charge is 0.480 e. The molecule has 0 spiro atoms. The van der Waals surface area contributed by atoms with Crippen molar-refractivity contribution in [3.63, 3.8) is 0 Å². The van der Waals surface area contributed by atoms with Crippen LogP contribution in [0, 0.1) is 23.1 Å². The fourth-order valence-corrected chi connectivity index (χ4v) is 1.81. The molecule has 1 saturated carbocycles. The molecule has 104 valence electrons. The summed E-state index contributed by atoms with van der Waals surface area (Å²) >= 11 is 0. The Hall–Kier alpha value is -2.62. The summed E-state index contributed by atoms with van der Waals surface area (Å²) in [5.74, 6) is -1.81. The van der Waals surface area contributed by atoms with Crippen LogP contribution >= 0.6 is 0 Å². The van der Waals surface area contributed by atoms with Crippen LogP contribution in [-0.2, 0) is 4.79 Å². The van der Waals surface area contributed by atoms with Crippen LogP contribution in [0.2, 0.25) is 0 Å². The summed E-state index contributed by atoms with van der Waals surface area (Å²) in [5.41, 5.74) is 0.0279. The minimum atomic E-state index is -1.08. The first-order chi connectivity index (χ1) is 9.51. The Labute approximate surface area is 114 Å². The summed E-state index contributed by atoms with van der Waals surface area (Å²) in [6.45, 7) is 0. The van der Waals surface area contributed by atoms with E-state index in [2.05, 4.69) is 10.6 Å². The zero-order chi connectivity index (χ0) is 14.7. The highest BCUT2D eigenvalue weighted by Crippen LogP contribution is 2.32. The molecule has 0 aromatic heterocycles. The third-order valence-corrected chi connectivity index (χ3v) is 2.99. The summed E-state index contributed by atoms with van der Waals surface area (Å²) in [5, 5.41) is 22.4. The molecular formula is C13H12FN3O3. The Morgan fingerprint density at radius 2 is 2.15 bits per heavy atom. The molecule has 1 aromatic carbocycles. The van der Waals surface area contributed by atoms with E-state index in [0.717, 1.165) is 18.9 Å². The van der Waals surface area contributed by atoms with Crippen LogP contribution in [0.15, 0.2) is 18.2 Å². The highest BCUT2D eigenvalue weighted by molar-refractivity contribution is 5.92. The average molecular weight is 277 g/mol. The Bertz CT molecular complexity index is 593. The number of hydrogen-bond acceptors (Lipinski definition) is 3. The molecule has 1 fully saturated rings. The Balaban J connectivity index is 2.01. The van der Waals surface area contributed by atoms with Gasteiger partial charge in [0.1, 0.15) is 17.9 Å². The molecule has 0 heterocycles. The van der Waals surface area contributed by atoms with Crippen molar-refractivity contribution in [3.8, 4) is 6.07 Å².